The molecule has 2 aliphatic heterocycles. The van der Waals surface area contributed by atoms with Crippen LogP contribution in [-0.2, 0) is 0 Å². The van der Waals surface area contributed by atoms with Crippen molar-refractivity contribution in [3.63, 3.8) is 0 Å². The van der Waals surface area contributed by atoms with Crippen molar-refractivity contribution in [2.45, 2.75) is 0 Å². The van der Waals surface area contributed by atoms with Crippen LogP contribution < -0.4 is 10.6 Å². The summed E-state index contributed by atoms with van der Waals surface area (Å²) in [4.78, 5) is 23.8. The predicted octanol–water partition coefficient (Wildman–Crippen LogP) is 5.95. The van der Waals surface area contributed by atoms with Crippen LogP contribution >= 0.6 is 22.9 Å². The number of fused-ring (bicyclic) bond motifs is 2. The van der Waals surface area contributed by atoms with Crippen LogP contribution in [0.4, 0.5) is 11.4 Å². The van der Waals surface area contributed by atoms with Crippen molar-refractivity contribution < 1.29 is 4.79 Å². The van der Waals surface area contributed by atoms with Crippen LogP contribution in [0.5, 0.6) is 0 Å². The number of amides is 1. The van der Waals surface area contributed by atoms with E-state index in [4.69, 9.17) is 11.6 Å². The molecule has 0 saturated carbocycles. The van der Waals surface area contributed by atoms with Crippen molar-refractivity contribution in [2.75, 3.05) is 31.5 Å². The van der Waals surface area contributed by atoms with Gasteiger partial charge in [0.15, 0.2) is 0 Å². The molecule has 2 aromatic heterocycles. The Labute approximate surface area is 216 Å². The van der Waals surface area contributed by atoms with E-state index < -0.39 is 0 Å². The van der Waals surface area contributed by atoms with Crippen LogP contribution in [0, 0.1) is 5.41 Å². The van der Waals surface area contributed by atoms with Crippen molar-refractivity contribution in [2.24, 2.45) is 5.41 Å². The van der Waals surface area contributed by atoms with E-state index in [1.807, 2.05) is 40.7 Å². The molecule has 36 heavy (non-hydrogen) atoms. The summed E-state index contributed by atoms with van der Waals surface area (Å²) in [6, 6.07) is 19.9. The van der Waals surface area contributed by atoms with Gasteiger partial charge in [0.1, 0.15) is 0 Å². The SMILES string of the molecule is O=C(c1ccc(-c2ccc3c(Nc4ccc5scnc5c4)ccnc3c2)c(Cl)c1)N1CC2(CNC2)C1. The van der Waals surface area contributed by atoms with Crippen LogP contribution in [0.2, 0.25) is 5.02 Å². The number of nitrogens with zero attached hydrogens (tertiary/aromatic N) is 3. The second-order valence-electron chi connectivity index (χ2n) is 9.71. The Hall–Kier alpha value is -3.52. The minimum Gasteiger partial charge on any atom is -0.355 e. The number of hydrogen-bond donors (Lipinski definition) is 2. The number of pyridine rings is 1. The number of halogens is 1. The average molecular weight is 512 g/mol. The fourth-order valence-electron chi connectivity index (χ4n) is 5.19. The van der Waals surface area contributed by atoms with E-state index in [9.17, 15) is 4.79 Å². The third-order valence-electron chi connectivity index (χ3n) is 7.22. The molecule has 0 radical (unpaired) electrons. The fraction of sp³-hybridized carbons (Fsp3) is 0.179. The van der Waals surface area contributed by atoms with Crippen molar-refractivity contribution in [3.8, 4) is 11.1 Å². The monoisotopic (exact) mass is 511 g/mol. The Morgan fingerprint density at radius 3 is 2.69 bits per heavy atom. The van der Waals surface area contributed by atoms with Crippen molar-refractivity contribution in [1.29, 1.82) is 0 Å². The zero-order valence-corrected chi connectivity index (χ0v) is 20.9. The Morgan fingerprint density at radius 2 is 1.89 bits per heavy atom. The first kappa shape index (κ1) is 21.7. The van der Waals surface area contributed by atoms with E-state index in [1.54, 1.807) is 23.6 Å². The van der Waals surface area contributed by atoms with Gasteiger partial charge in [0.05, 0.1) is 21.2 Å². The van der Waals surface area contributed by atoms with Gasteiger partial charge in [-0.3, -0.25) is 9.78 Å². The Balaban J connectivity index is 1.15. The van der Waals surface area contributed by atoms with Crippen LogP contribution in [0.15, 0.2) is 72.4 Å². The van der Waals surface area contributed by atoms with E-state index in [1.165, 1.54) is 4.70 Å². The second-order valence-corrected chi connectivity index (χ2v) is 11.0. The molecule has 6 nitrogen and oxygen atoms in total. The molecule has 0 atom stereocenters. The third kappa shape index (κ3) is 3.63. The molecule has 8 heteroatoms. The third-order valence-corrected chi connectivity index (χ3v) is 8.34. The van der Waals surface area contributed by atoms with Gasteiger partial charge in [0.2, 0.25) is 0 Å². The lowest BCUT2D eigenvalue weighted by atomic mass is 9.74. The predicted molar refractivity (Wildman–Crippen MR) is 146 cm³/mol. The number of benzene rings is 3. The number of hydrogen-bond acceptors (Lipinski definition) is 6. The van der Waals surface area contributed by atoms with Gasteiger partial charge in [-0.25, -0.2) is 4.98 Å². The fourth-order valence-corrected chi connectivity index (χ4v) is 6.14. The quantitative estimate of drug-likeness (QED) is 0.312. The van der Waals surface area contributed by atoms with Crippen LogP contribution in [0.3, 0.4) is 0 Å². The lowest BCUT2D eigenvalue weighted by Gasteiger charge is -2.56. The van der Waals surface area contributed by atoms with Gasteiger partial charge >= 0.3 is 0 Å². The standard InChI is InChI=1S/C28H22ClN5OS/c29-22-9-18(27(35)34-14-28(15-34)12-30-13-28)2-4-20(22)17-1-5-21-23(7-8-31-24(21)10-17)33-19-3-6-26-25(11-19)32-16-36-26/h1-11,16,30H,12-15H2,(H,31,33). The first-order valence-electron chi connectivity index (χ1n) is 11.9. The molecule has 2 aliphatic rings. The lowest BCUT2D eigenvalue weighted by molar-refractivity contribution is -0.0248. The summed E-state index contributed by atoms with van der Waals surface area (Å²) in [6.07, 6.45) is 1.80. The molecule has 0 bridgehead atoms. The summed E-state index contributed by atoms with van der Waals surface area (Å²) in [5.74, 6) is 0.0488. The van der Waals surface area contributed by atoms with Crippen LogP contribution in [0.1, 0.15) is 10.4 Å². The van der Waals surface area contributed by atoms with E-state index in [0.717, 1.165) is 65.1 Å². The van der Waals surface area contributed by atoms with E-state index in [-0.39, 0.29) is 5.91 Å². The molecule has 0 unspecified atom stereocenters. The normalized spacial score (nSPS) is 16.2. The summed E-state index contributed by atoms with van der Waals surface area (Å²) in [5, 5.41) is 8.38. The molecule has 1 spiro atoms. The van der Waals surface area contributed by atoms with E-state index >= 15 is 0 Å². The van der Waals surface area contributed by atoms with Crippen molar-refractivity contribution >= 4 is 61.3 Å². The molecule has 2 N–H and O–H groups in total. The largest absolute Gasteiger partial charge is 0.355 e. The molecule has 5 aromatic rings. The maximum atomic E-state index is 12.9. The minimum absolute atomic E-state index is 0.0488. The topological polar surface area (TPSA) is 70.2 Å². The molecule has 2 saturated heterocycles. The Bertz CT molecular complexity index is 1650. The maximum Gasteiger partial charge on any atom is 0.253 e. The van der Waals surface area contributed by atoms with Crippen molar-refractivity contribution in [1.82, 2.24) is 20.2 Å². The van der Waals surface area contributed by atoms with Gasteiger partial charge in [-0.15, -0.1) is 11.3 Å². The highest BCUT2D eigenvalue weighted by Crippen LogP contribution is 2.37. The van der Waals surface area contributed by atoms with Gasteiger partial charge in [-0.1, -0.05) is 29.8 Å². The zero-order chi connectivity index (χ0) is 24.3. The zero-order valence-electron chi connectivity index (χ0n) is 19.3. The van der Waals surface area contributed by atoms with Crippen molar-refractivity contribution in [3.05, 3.63) is 83.0 Å². The van der Waals surface area contributed by atoms with Gasteiger partial charge < -0.3 is 15.5 Å². The number of carbonyl (C=O) groups is 1. The summed E-state index contributed by atoms with van der Waals surface area (Å²) in [5.41, 5.74) is 8.44. The molecule has 2 fully saturated rings. The second kappa shape index (κ2) is 8.27. The molecular weight excluding hydrogens is 490 g/mol. The first-order chi connectivity index (χ1) is 17.6. The molecule has 178 valence electrons. The van der Waals surface area contributed by atoms with Crippen LogP contribution in [-0.4, -0.2) is 47.0 Å². The summed E-state index contributed by atoms with van der Waals surface area (Å²) < 4.78 is 1.17. The molecular formula is C28H22ClN5OS. The number of thiazole rings is 1. The first-order valence-corrected chi connectivity index (χ1v) is 13.1. The van der Waals surface area contributed by atoms with Gasteiger partial charge in [-0.05, 0) is 48.0 Å². The van der Waals surface area contributed by atoms with Crippen LogP contribution in [0.25, 0.3) is 32.2 Å². The molecule has 3 aromatic carbocycles. The van der Waals surface area contributed by atoms with Gasteiger partial charge in [0.25, 0.3) is 5.91 Å². The maximum absolute atomic E-state index is 12.9. The molecule has 1 amide bonds. The number of carbonyl (C=O) groups excluding carboxylic acids is 1. The summed E-state index contributed by atoms with van der Waals surface area (Å²) in [7, 11) is 0. The Kier molecular flexibility index (Phi) is 4.99. The molecule has 4 heterocycles. The highest BCUT2D eigenvalue weighted by atomic mass is 35.5. The number of aromatic nitrogens is 2. The smallest absolute Gasteiger partial charge is 0.253 e. The number of rotatable bonds is 4. The molecule has 7 rings (SSSR count). The number of anilines is 2. The van der Waals surface area contributed by atoms with Gasteiger partial charge in [-0.2, -0.15) is 0 Å². The van der Waals surface area contributed by atoms with Gasteiger partial charge in [0, 0.05) is 70.7 Å². The Morgan fingerprint density at radius 1 is 1.00 bits per heavy atom. The lowest BCUT2D eigenvalue weighted by Crippen LogP contribution is -2.71. The number of nitrogens with one attached hydrogen (secondary N) is 2. The molecule has 0 aliphatic carbocycles. The number of likely N-dealkylation sites (tertiary alicyclic amines) is 1. The summed E-state index contributed by atoms with van der Waals surface area (Å²) >= 11 is 8.31. The van der Waals surface area contributed by atoms with E-state index in [2.05, 4.69) is 44.9 Å². The highest BCUT2D eigenvalue weighted by molar-refractivity contribution is 7.16. The highest BCUT2D eigenvalue weighted by Gasteiger charge is 2.49. The summed E-state index contributed by atoms with van der Waals surface area (Å²) in [6.45, 7) is 3.65. The average Bonchev–Trinajstić information content (AvgIpc) is 3.30. The van der Waals surface area contributed by atoms with E-state index in [0.29, 0.717) is 16.0 Å². The minimum atomic E-state index is 0.0488.